The second-order valence-electron chi connectivity index (χ2n) is 2.34. The molecular weight excluding hydrogens is 176 g/mol. The van der Waals surface area contributed by atoms with Gasteiger partial charge < -0.3 is 4.74 Å². The van der Waals surface area contributed by atoms with Crippen LogP contribution in [0.25, 0.3) is 0 Å². The van der Waals surface area contributed by atoms with Crippen LogP contribution in [0.2, 0.25) is 5.02 Å². The van der Waals surface area contributed by atoms with Gasteiger partial charge in [-0.2, -0.15) is 0 Å². The van der Waals surface area contributed by atoms with Gasteiger partial charge in [-0.3, -0.25) is 0 Å². The van der Waals surface area contributed by atoms with Crippen LogP contribution in [0.4, 0.5) is 5.69 Å². The molecule has 0 N–H and O–H groups in total. The molecule has 0 spiro atoms. The molecule has 0 aliphatic carbocycles. The van der Waals surface area contributed by atoms with E-state index in [1.165, 1.54) is 0 Å². The van der Waals surface area contributed by atoms with Crippen molar-refractivity contribution in [3.8, 4) is 0 Å². The maximum Gasteiger partial charge on any atom is 0.298 e. The molecular formula is C8H6ClN2O. The summed E-state index contributed by atoms with van der Waals surface area (Å²) in [5.41, 5.74) is 0.949. The maximum atomic E-state index is 5.72. The minimum absolute atomic E-state index is 0.418. The van der Waals surface area contributed by atoms with Gasteiger partial charge in [0.15, 0.2) is 6.73 Å². The Morgan fingerprint density at radius 2 is 2.17 bits per heavy atom. The molecule has 1 aliphatic rings. The molecule has 12 heavy (non-hydrogen) atoms. The van der Waals surface area contributed by atoms with Crippen molar-refractivity contribution in [1.29, 1.82) is 0 Å². The molecule has 1 aromatic carbocycles. The lowest BCUT2D eigenvalue weighted by atomic mass is 10.3. The standard InChI is InChI=1S/C8H6ClN2O/c9-7-1-3-8(4-2-7)11-6-12-5-10-11/h1-4H,6H2. The zero-order valence-corrected chi connectivity index (χ0v) is 6.95. The third-order valence-electron chi connectivity index (χ3n) is 1.54. The lowest BCUT2D eigenvalue weighted by Crippen LogP contribution is -2.12. The van der Waals surface area contributed by atoms with E-state index < -0.39 is 0 Å². The summed E-state index contributed by atoms with van der Waals surface area (Å²) in [6, 6.07) is 7.37. The summed E-state index contributed by atoms with van der Waals surface area (Å²) < 4.78 is 4.82. The van der Waals surface area contributed by atoms with Gasteiger partial charge in [-0.25, -0.2) is 5.01 Å². The summed E-state index contributed by atoms with van der Waals surface area (Å²) in [7, 11) is 0. The summed E-state index contributed by atoms with van der Waals surface area (Å²) in [6.07, 6.45) is 2.40. The Hall–Kier alpha value is -1.22. The molecule has 0 aromatic heterocycles. The predicted octanol–water partition coefficient (Wildman–Crippen LogP) is 1.95. The zero-order chi connectivity index (χ0) is 8.39. The topological polar surface area (TPSA) is 24.8 Å². The Morgan fingerprint density at radius 3 is 2.75 bits per heavy atom. The van der Waals surface area contributed by atoms with Crippen molar-refractivity contribution in [2.75, 3.05) is 11.7 Å². The van der Waals surface area contributed by atoms with Crippen LogP contribution in [0, 0.1) is 0 Å². The van der Waals surface area contributed by atoms with Crippen LogP contribution in [0.5, 0.6) is 0 Å². The maximum absolute atomic E-state index is 5.72. The van der Waals surface area contributed by atoms with E-state index in [1.807, 2.05) is 24.3 Å². The molecule has 0 fully saturated rings. The third kappa shape index (κ3) is 1.36. The molecule has 0 atom stereocenters. The van der Waals surface area contributed by atoms with Gasteiger partial charge in [0.25, 0.3) is 6.40 Å². The molecule has 0 bridgehead atoms. The van der Waals surface area contributed by atoms with Gasteiger partial charge in [-0.15, -0.1) is 5.10 Å². The summed E-state index contributed by atoms with van der Waals surface area (Å²) in [4.78, 5) is 0. The van der Waals surface area contributed by atoms with Crippen LogP contribution in [0.3, 0.4) is 0 Å². The SMILES string of the molecule is Clc1ccc(N2CO[C]=N2)cc1. The van der Waals surface area contributed by atoms with Gasteiger partial charge in [-0.05, 0) is 24.3 Å². The van der Waals surface area contributed by atoms with E-state index >= 15 is 0 Å². The summed E-state index contributed by atoms with van der Waals surface area (Å²) >= 11 is 5.72. The number of hydrogen-bond acceptors (Lipinski definition) is 3. The molecule has 1 heterocycles. The van der Waals surface area contributed by atoms with Crippen LogP contribution < -0.4 is 5.01 Å². The predicted molar refractivity (Wildman–Crippen MR) is 47.3 cm³/mol. The lowest BCUT2D eigenvalue weighted by molar-refractivity contribution is 0.350. The highest BCUT2D eigenvalue weighted by atomic mass is 35.5. The molecule has 1 aromatic rings. The quantitative estimate of drug-likeness (QED) is 0.662. The molecule has 0 saturated carbocycles. The Morgan fingerprint density at radius 1 is 1.42 bits per heavy atom. The summed E-state index contributed by atoms with van der Waals surface area (Å²) in [5.74, 6) is 0. The molecule has 1 radical (unpaired) electrons. The highest BCUT2D eigenvalue weighted by molar-refractivity contribution is 6.30. The monoisotopic (exact) mass is 181 g/mol. The average Bonchev–Trinajstić information content (AvgIpc) is 2.58. The van der Waals surface area contributed by atoms with Crippen molar-refractivity contribution in [3.63, 3.8) is 0 Å². The Bertz CT molecular complexity index is 296. The first-order valence-corrected chi connectivity index (χ1v) is 3.84. The first kappa shape index (κ1) is 7.43. The third-order valence-corrected chi connectivity index (χ3v) is 1.79. The summed E-state index contributed by atoms with van der Waals surface area (Å²) in [6.45, 7) is 0.418. The number of anilines is 1. The van der Waals surface area contributed by atoms with Crippen molar-refractivity contribution in [2.45, 2.75) is 0 Å². The Kier molecular flexibility index (Phi) is 1.87. The van der Waals surface area contributed by atoms with Crippen LogP contribution in [-0.2, 0) is 4.74 Å². The molecule has 61 valence electrons. The average molecular weight is 182 g/mol. The fraction of sp³-hybridized carbons (Fsp3) is 0.125. The van der Waals surface area contributed by atoms with Crippen LogP contribution >= 0.6 is 11.6 Å². The van der Waals surface area contributed by atoms with Crippen molar-refractivity contribution >= 4 is 23.7 Å². The van der Waals surface area contributed by atoms with E-state index in [9.17, 15) is 0 Å². The van der Waals surface area contributed by atoms with Crippen LogP contribution in [-0.4, -0.2) is 13.1 Å². The number of hydrazone groups is 1. The van der Waals surface area contributed by atoms with E-state index in [-0.39, 0.29) is 0 Å². The first-order chi connectivity index (χ1) is 5.86. The number of benzene rings is 1. The highest BCUT2D eigenvalue weighted by Gasteiger charge is 2.08. The van der Waals surface area contributed by atoms with Gasteiger partial charge in [-0.1, -0.05) is 11.6 Å². The largest absolute Gasteiger partial charge is 0.449 e. The second kappa shape index (κ2) is 3.03. The number of hydrogen-bond donors (Lipinski definition) is 0. The lowest BCUT2D eigenvalue weighted by Gasteiger charge is -2.10. The second-order valence-corrected chi connectivity index (χ2v) is 2.78. The first-order valence-electron chi connectivity index (χ1n) is 3.47. The zero-order valence-electron chi connectivity index (χ0n) is 6.20. The number of ether oxygens (including phenoxy) is 1. The van der Waals surface area contributed by atoms with Gasteiger partial charge in [0, 0.05) is 5.02 Å². The minimum Gasteiger partial charge on any atom is -0.449 e. The fourth-order valence-electron chi connectivity index (χ4n) is 0.942. The molecule has 1 aliphatic heterocycles. The molecule has 0 saturated heterocycles. The number of nitrogens with zero attached hydrogens (tertiary/aromatic N) is 2. The fourth-order valence-corrected chi connectivity index (χ4v) is 1.07. The van der Waals surface area contributed by atoms with Crippen LogP contribution in [0.15, 0.2) is 29.4 Å². The van der Waals surface area contributed by atoms with Gasteiger partial charge in [0.05, 0.1) is 5.69 Å². The van der Waals surface area contributed by atoms with Crippen molar-refractivity contribution in [2.24, 2.45) is 5.10 Å². The molecule has 0 unspecified atom stereocenters. The number of rotatable bonds is 1. The van der Waals surface area contributed by atoms with Crippen LogP contribution in [0.1, 0.15) is 0 Å². The molecule has 0 amide bonds. The van der Waals surface area contributed by atoms with Crippen molar-refractivity contribution in [1.82, 2.24) is 0 Å². The van der Waals surface area contributed by atoms with E-state index in [0.717, 1.165) is 5.69 Å². The Balaban J connectivity index is 2.23. The smallest absolute Gasteiger partial charge is 0.298 e. The van der Waals surface area contributed by atoms with Gasteiger partial charge >= 0.3 is 0 Å². The summed E-state index contributed by atoms with van der Waals surface area (Å²) in [5, 5.41) is 6.26. The minimum atomic E-state index is 0.418. The van der Waals surface area contributed by atoms with Crippen molar-refractivity contribution in [3.05, 3.63) is 29.3 Å². The van der Waals surface area contributed by atoms with E-state index in [0.29, 0.717) is 11.8 Å². The normalized spacial score (nSPS) is 14.9. The van der Waals surface area contributed by atoms with E-state index in [2.05, 4.69) is 11.5 Å². The van der Waals surface area contributed by atoms with Crippen molar-refractivity contribution < 1.29 is 4.74 Å². The molecule has 4 heteroatoms. The number of halogens is 1. The highest BCUT2D eigenvalue weighted by Crippen LogP contribution is 2.19. The molecule has 2 rings (SSSR count). The van der Waals surface area contributed by atoms with Gasteiger partial charge in [0.1, 0.15) is 0 Å². The van der Waals surface area contributed by atoms with E-state index in [4.69, 9.17) is 16.3 Å². The Labute approximate surface area is 75.2 Å². The van der Waals surface area contributed by atoms with Gasteiger partial charge in [0.2, 0.25) is 0 Å². The van der Waals surface area contributed by atoms with E-state index in [1.54, 1.807) is 5.01 Å². The molecule has 3 nitrogen and oxygen atoms in total.